The highest BCUT2D eigenvalue weighted by Gasteiger charge is 2.47. The third kappa shape index (κ3) is 3.47. The number of alkyl halides is 3. The van der Waals surface area contributed by atoms with Gasteiger partial charge in [0.05, 0.1) is 10.5 Å². The van der Waals surface area contributed by atoms with Gasteiger partial charge in [0, 0.05) is 31.6 Å². The molecule has 0 bridgehead atoms. The minimum absolute atomic E-state index is 0.0435. The highest BCUT2D eigenvalue weighted by molar-refractivity contribution is 7.89. The topological polar surface area (TPSA) is 57.7 Å². The maximum absolute atomic E-state index is 13.1. The molecule has 5 nitrogen and oxygen atoms in total. The Hall–Kier alpha value is -1.61. The number of nitrogens with zero attached hydrogens (tertiary/aromatic N) is 2. The molecule has 1 aliphatic carbocycles. The highest BCUT2D eigenvalue weighted by atomic mass is 32.2. The predicted octanol–water partition coefficient (Wildman–Crippen LogP) is 2.73. The average molecular weight is 402 g/mol. The molecule has 0 spiro atoms. The van der Waals surface area contributed by atoms with Gasteiger partial charge in [-0.2, -0.15) is 17.5 Å². The Morgan fingerprint density at radius 2 is 1.85 bits per heavy atom. The van der Waals surface area contributed by atoms with Gasteiger partial charge in [-0.1, -0.05) is 6.07 Å². The second-order valence-electron chi connectivity index (χ2n) is 7.63. The van der Waals surface area contributed by atoms with Crippen LogP contribution >= 0.6 is 0 Å². The largest absolute Gasteiger partial charge is 0.416 e. The first-order valence-corrected chi connectivity index (χ1v) is 10.6. The molecule has 1 aromatic rings. The summed E-state index contributed by atoms with van der Waals surface area (Å²) in [6.07, 6.45) is -1.36. The Kier molecular flexibility index (Phi) is 4.50. The van der Waals surface area contributed by atoms with Gasteiger partial charge in [0.2, 0.25) is 15.9 Å². The van der Waals surface area contributed by atoms with Crippen LogP contribution in [0.25, 0.3) is 0 Å². The molecule has 3 fully saturated rings. The lowest BCUT2D eigenvalue weighted by atomic mass is 9.94. The number of likely N-dealkylation sites (tertiary alicyclic amines) is 1. The Morgan fingerprint density at radius 1 is 1.11 bits per heavy atom. The van der Waals surface area contributed by atoms with Crippen molar-refractivity contribution in [3.05, 3.63) is 29.8 Å². The van der Waals surface area contributed by atoms with Crippen LogP contribution in [0.5, 0.6) is 0 Å². The smallest absolute Gasteiger partial charge is 0.340 e. The molecule has 1 saturated carbocycles. The lowest BCUT2D eigenvalue weighted by molar-refractivity contribution is -0.137. The fraction of sp³-hybridized carbons (Fsp3) is 0.611. The Balaban J connectivity index is 1.60. The van der Waals surface area contributed by atoms with Crippen molar-refractivity contribution in [1.82, 2.24) is 9.21 Å². The second-order valence-corrected chi connectivity index (χ2v) is 9.52. The molecular formula is C18H21F3N2O3S. The van der Waals surface area contributed by atoms with E-state index in [4.69, 9.17) is 0 Å². The summed E-state index contributed by atoms with van der Waals surface area (Å²) in [7, 11) is -4.06. The van der Waals surface area contributed by atoms with Crippen LogP contribution in [0.1, 0.15) is 31.2 Å². The summed E-state index contributed by atoms with van der Waals surface area (Å²) in [6.45, 7) is 1.14. The van der Waals surface area contributed by atoms with Gasteiger partial charge in [-0.25, -0.2) is 8.42 Å². The van der Waals surface area contributed by atoms with Crippen LogP contribution < -0.4 is 0 Å². The molecule has 2 atom stereocenters. The number of carbonyl (C=O) groups is 1. The molecule has 0 N–H and O–H groups in total. The molecule has 3 aliphatic rings. The summed E-state index contributed by atoms with van der Waals surface area (Å²) in [5, 5.41) is 0. The van der Waals surface area contributed by atoms with Crippen molar-refractivity contribution in [2.45, 2.75) is 42.8 Å². The number of benzene rings is 1. The van der Waals surface area contributed by atoms with Gasteiger partial charge in [-0.15, -0.1) is 0 Å². The fourth-order valence-corrected chi connectivity index (χ4v) is 5.94. The number of rotatable bonds is 3. The van der Waals surface area contributed by atoms with Crippen molar-refractivity contribution in [2.24, 2.45) is 11.8 Å². The summed E-state index contributed by atoms with van der Waals surface area (Å²) >= 11 is 0. The fourth-order valence-electron chi connectivity index (χ4n) is 4.17. The van der Waals surface area contributed by atoms with Crippen LogP contribution in [0.4, 0.5) is 13.2 Å². The number of amides is 1. The molecule has 0 aromatic heterocycles. The summed E-state index contributed by atoms with van der Waals surface area (Å²) in [4.78, 5) is 13.8. The van der Waals surface area contributed by atoms with E-state index in [1.165, 1.54) is 10.4 Å². The van der Waals surface area contributed by atoms with Crippen molar-refractivity contribution in [3.63, 3.8) is 0 Å². The van der Waals surface area contributed by atoms with Gasteiger partial charge in [-0.05, 0) is 49.8 Å². The van der Waals surface area contributed by atoms with Gasteiger partial charge >= 0.3 is 6.18 Å². The van der Waals surface area contributed by atoms with Gasteiger partial charge in [0.1, 0.15) is 0 Å². The monoisotopic (exact) mass is 402 g/mol. The molecule has 2 heterocycles. The maximum atomic E-state index is 13.1. The van der Waals surface area contributed by atoms with Crippen molar-refractivity contribution < 1.29 is 26.4 Å². The summed E-state index contributed by atoms with van der Waals surface area (Å²) in [5.74, 6) is 0.196. The minimum atomic E-state index is -4.60. The third-order valence-electron chi connectivity index (χ3n) is 5.74. The van der Waals surface area contributed by atoms with E-state index in [0.717, 1.165) is 31.4 Å². The summed E-state index contributed by atoms with van der Waals surface area (Å²) in [5.41, 5.74) is -0.978. The van der Waals surface area contributed by atoms with Gasteiger partial charge in [0.25, 0.3) is 0 Å². The Morgan fingerprint density at radius 3 is 2.52 bits per heavy atom. The van der Waals surface area contributed by atoms with E-state index >= 15 is 0 Å². The van der Waals surface area contributed by atoms with Crippen LogP contribution in [0, 0.1) is 11.8 Å². The molecule has 1 aromatic carbocycles. The highest BCUT2D eigenvalue weighted by Crippen LogP contribution is 2.38. The number of halogens is 3. The third-order valence-corrected chi connectivity index (χ3v) is 7.66. The van der Waals surface area contributed by atoms with E-state index in [1.54, 1.807) is 4.90 Å². The van der Waals surface area contributed by atoms with E-state index in [2.05, 4.69) is 0 Å². The van der Waals surface area contributed by atoms with Crippen molar-refractivity contribution >= 4 is 15.9 Å². The lowest BCUT2D eigenvalue weighted by Gasteiger charge is -2.35. The summed E-state index contributed by atoms with van der Waals surface area (Å²) in [6, 6.07) is 3.52. The average Bonchev–Trinajstić information content (AvgIpc) is 3.38. The van der Waals surface area contributed by atoms with Crippen LogP contribution in [-0.4, -0.2) is 49.2 Å². The molecule has 148 valence electrons. The molecule has 0 unspecified atom stereocenters. The first-order chi connectivity index (χ1) is 12.7. The Labute approximate surface area is 156 Å². The SMILES string of the molecule is O=C(C1CC1)N1C[C@H]2CCCN(S(=O)(=O)c3cccc(C(F)(F)F)c3)[C@H]2C1. The van der Waals surface area contributed by atoms with E-state index in [1.807, 2.05) is 0 Å². The van der Waals surface area contributed by atoms with Gasteiger partial charge in [0.15, 0.2) is 0 Å². The first-order valence-electron chi connectivity index (χ1n) is 9.16. The predicted molar refractivity (Wildman–Crippen MR) is 91.2 cm³/mol. The molecular weight excluding hydrogens is 381 g/mol. The number of hydrogen-bond donors (Lipinski definition) is 0. The molecule has 27 heavy (non-hydrogen) atoms. The van der Waals surface area contributed by atoms with E-state index in [9.17, 15) is 26.4 Å². The van der Waals surface area contributed by atoms with Crippen molar-refractivity contribution in [1.29, 1.82) is 0 Å². The first kappa shape index (κ1) is 18.7. The molecule has 0 radical (unpaired) electrons. The zero-order valence-corrected chi connectivity index (χ0v) is 15.5. The molecule has 2 saturated heterocycles. The zero-order chi connectivity index (χ0) is 19.4. The zero-order valence-electron chi connectivity index (χ0n) is 14.7. The lowest BCUT2D eigenvalue weighted by Crippen LogP contribution is -2.48. The summed E-state index contributed by atoms with van der Waals surface area (Å²) < 4.78 is 66.4. The van der Waals surface area contributed by atoms with Crippen LogP contribution in [0.2, 0.25) is 0 Å². The van der Waals surface area contributed by atoms with E-state index in [-0.39, 0.29) is 35.2 Å². The van der Waals surface area contributed by atoms with Crippen LogP contribution in [-0.2, 0) is 21.0 Å². The van der Waals surface area contributed by atoms with Gasteiger partial charge in [-0.3, -0.25) is 4.79 Å². The van der Waals surface area contributed by atoms with E-state index in [0.29, 0.717) is 25.6 Å². The van der Waals surface area contributed by atoms with E-state index < -0.39 is 21.8 Å². The number of piperidine rings is 1. The van der Waals surface area contributed by atoms with Crippen LogP contribution in [0.3, 0.4) is 0 Å². The number of fused-ring (bicyclic) bond motifs is 1. The standard InChI is InChI=1S/C18H21F3N2O3S/c19-18(20,21)14-4-1-5-15(9-14)27(25,26)23-8-2-3-13-10-22(11-16(13)23)17(24)12-6-7-12/h1,4-5,9,12-13,16H,2-3,6-8,10-11H2/t13-,16+/m1/s1. The van der Waals surface area contributed by atoms with Gasteiger partial charge < -0.3 is 4.90 Å². The van der Waals surface area contributed by atoms with Crippen molar-refractivity contribution in [2.75, 3.05) is 19.6 Å². The second kappa shape index (κ2) is 6.48. The van der Waals surface area contributed by atoms with Crippen molar-refractivity contribution in [3.8, 4) is 0 Å². The maximum Gasteiger partial charge on any atom is 0.416 e. The number of hydrogen-bond acceptors (Lipinski definition) is 3. The number of sulfonamides is 1. The molecule has 4 rings (SSSR count). The quantitative estimate of drug-likeness (QED) is 0.781. The normalized spacial score (nSPS) is 26.9. The Bertz CT molecular complexity index is 852. The molecule has 1 amide bonds. The molecule has 9 heteroatoms. The molecule has 2 aliphatic heterocycles. The number of carbonyl (C=O) groups excluding carboxylic acids is 1. The van der Waals surface area contributed by atoms with Crippen LogP contribution in [0.15, 0.2) is 29.2 Å². The minimum Gasteiger partial charge on any atom is -0.340 e.